The van der Waals surface area contributed by atoms with Gasteiger partial charge in [0.05, 0.1) is 11.7 Å². The number of fused-ring (bicyclic) bond motifs is 2. The lowest BCUT2D eigenvalue weighted by molar-refractivity contribution is 1.11. The summed E-state index contributed by atoms with van der Waals surface area (Å²) >= 11 is 4.68. The second-order valence-electron chi connectivity index (χ2n) is 4.20. The minimum Gasteiger partial charge on any atom is -0.228 e. The average molecular weight is 249 g/mol. The molecule has 0 saturated carbocycles. The predicted molar refractivity (Wildman–Crippen MR) is 80.2 cm³/mol. The number of hydrogen-bond acceptors (Lipinski definition) is 2. The zero-order valence-electron chi connectivity index (χ0n) is 9.76. The van der Waals surface area contributed by atoms with Gasteiger partial charge in [-0.3, -0.25) is 0 Å². The summed E-state index contributed by atoms with van der Waals surface area (Å²) in [5.74, 6) is 0. The molecule has 0 N–H and O–H groups in total. The summed E-state index contributed by atoms with van der Waals surface area (Å²) in [4.78, 5) is 4.11. The van der Waals surface area contributed by atoms with Gasteiger partial charge in [-0.15, -0.1) is 0 Å². The Morgan fingerprint density at radius 3 is 2.00 bits per heavy atom. The summed E-state index contributed by atoms with van der Waals surface area (Å²) in [6.45, 7) is 0.589. The van der Waals surface area contributed by atoms with Crippen molar-refractivity contribution in [3.05, 3.63) is 60.2 Å². The Labute approximate surface area is 111 Å². The average Bonchev–Trinajstić information content (AvgIpc) is 2.43. The molecule has 3 aromatic rings. The highest BCUT2D eigenvalue weighted by Crippen LogP contribution is 2.28. The minimum atomic E-state index is 0.589. The zero-order chi connectivity index (χ0) is 12.4. The van der Waals surface area contributed by atoms with E-state index in [9.17, 15) is 0 Å². The van der Waals surface area contributed by atoms with Crippen molar-refractivity contribution in [1.29, 1.82) is 0 Å². The van der Waals surface area contributed by atoms with Crippen LogP contribution in [-0.4, -0.2) is 5.16 Å². The highest BCUT2D eigenvalue weighted by atomic mass is 32.1. The van der Waals surface area contributed by atoms with Crippen molar-refractivity contribution in [2.75, 3.05) is 0 Å². The number of isothiocyanates is 1. The lowest BCUT2D eigenvalue weighted by Gasteiger charge is -2.09. The summed E-state index contributed by atoms with van der Waals surface area (Å²) in [7, 11) is 0. The molecule has 0 amide bonds. The Balaban J connectivity index is 2.45. The first-order valence-corrected chi connectivity index (χ1v) is 6.24. The van der Waals surface area contributed by atoms with Crippen LogP contribution in [0.3, 0.4) is 0 Å². The standard InChI is InChI=1S/C16H11NS/c18-11-17-10-16-14-7-3-1-5-12(14)9-13-6-2-4-8-15(13)16/h1-9H,10H2. The zero-order valence-corrected chi connectivity index (χ0v) is 10.6. The molecule has 0 aromatic heterocycles. The molecule has 86 valence electrons. The third-order valence-electron chi connectivity index (χ3n) is 3.18. The van der Waals surface area contributed by atoms with Crippen LogP contribution in [0.5, 0.6) is 0 Å². The van der Waals surface area contributed by atoms with Crippen molar-refractivity contribution >= 4 is 38.9 Å². The number of hydrogen-bond donors (Lipinski definition) is 0. The highest BCUT2D eigenvalue weighted by Gasteiger charge is 2.05. The second kappa shape index (κ2) is 4.69. The van der Waals surface area contributed by atoms with E-state index in [1.165, 1.54) is 27.1 Å². The highest BCUT2D eigenvalue weighted by molar-refractivity contribution is 7.78. The van der Waals surface area contributed by atoms with E-state index in [0.29, 0.717) is 6.54 Å². The van der Waals surface area contributed by atoms with E-state index in [-0.39, 0.29) is 0 Å². The molecule has 3 aromatic carbocycles. The number of nitrogens with zero attached hydrogens (tertiary/aromatic N) is 1. The number of benzene rings is 3. The fourth-order valence-corrected chi connectivity index (χ4v) is 2.45. The Morgan fingerprint density at radius 1 is 0.889 bits per heavy atom. The molecule has 0 fully saturated rings. The molecule has 0 aliphatic heterocycles. The van der Waals surface area contributed by atoms with Crippen LogP contribution in [0.2, 0.25) is 0 Å². The molecule has 2 heteroatoms. The van der Waals surface area contributed by atoms with Gasteiger partial charge in [-0.25, -0.2) is 4.99 Å². The first kappa shape index (κ1) is 11.1. The van der Waals surface area contributed by atoms with Gasteiger partial charge < -0.3 is 0 Å². The fourth-order valence-electron chi connectivity index (χ4n) is 2.39. The van der Waals surface area contributed by atoms with Crippen LogP contribution in [0.4, 0.5) is 0 Å². The first-order chi connectivity index (χ1) is 8.90. The molecule has 3 rings (SSSR count). The van der Waals surface area contributed by atoms with Crippen molar-refractivity contribution < 1.29 is 0 Å². The molecule has 0 unspecified atom stereocenters. The molecular formula is C16H11NS. The van der Waals surface area contributed by atoms with Crippen molar-refractivity contribution in [2.24, 2.45) is 4.99 Å². The molecule has 0 aliphatic carbocycles. The fraction of sp³-hybridized carbons (Fsp3) is 0.0625. The Morgan fingerprint density at radius 2 is 1.44 bits per heavy atom. The predicted octanol–water partition coefficient (Wildman–Crippen LogP) is 4.60. The SMILES string of the molecule is S=C=NCc1c2ccccc2cc2ccccc12. The maximum atomic E-state index is 4.68. The van der Waals surface area contributed by atoms with Crippen molar-refractivity contribution in [1.82, 2.24) is 0 Å². The first-order valence-electron chi connectivity index (χ1n) is 5.83. The van der Waals surface area contributed by atoms with Crippen LogP contribution in [0.25, 0.3) is 21.5 Å². The van der Waals surface area contributed by atoms with Crippen molar-refractivity contribution in [3.63, 3.8) is 0 Å². The van der Waals surface area contributed by atoms with Gasteiger partial charge in [-0.2, -0.15) is 0 Å². The number of rotatable bonds is 2. The van der Waals surface area contributed by atoms with Crippen LogP contribution < -0.4 is 0 Å². The quantitative estimate of drug-likeness (QED) is 0.367. The van der Waals surface area contributed by atoms with Gasteiger partial charge in [-0.1, -0.05) is 48.5 Å². The molecule has 0 radical (unpaired) electrons. The molecule has 0 atom stereocenters. The summed E-state index contributed by atoms with van der Waals surface area (Å²) in [5, 5.41) is 7.42. The van der Waals surface area contributed by atoms with Crippen LogP contribution in [0, 0.1) is 0 Å². The number of thiocarbonyl (C=S) groups is 1. The van der Waals surface area contributed by atoms with Gasteiger partial charge in [0.1, 0.15) is 0 Å². The van der Waals surface area contributed by atoms with Crippen molar-refractivity contribution in [2.45, 2.75) is 6.54 Å². The molecule has 1 nitrogen and oxygen atoms in total. The van der Waals surface area contributed by atoms with E-state index in [1.54, 1.807) is 0 Å². The summed E-state index contributed by atoms with van der Waals surface area (Å²) in [6.07, 6.45) is 0. The monoisotopic (exact) mass is 249 g/mol. The Hall–Kier alpha value is -2.02. The van der Waals surface area contributed by atoms with Gasteiger partial charge in [0.2, 0.25) is 0 Å². The topological polar surface area (TPSA) is 12.4 Å². The van der Waals surface area contributed by atoms with E-state index in [4.69, 9.17) is 0 Å². The van der Waals surface area contributed by atoms with Crippen LogP contribution >= 0.6 is 12.2 Å². The maximum absolute atomic E-state index is 4.68. The third-order valence-corrected chi connectivity index (χ3v) is 3.31. The molecule has 0 bridgehead atoms. The molecule has 0 saturated heterocycles. The van der Waals surface area contributed by atoms with Crippen LogP contribution in [-0.2, 0) is 6.54 Å². The molecule has 0 aliphatic rings. The Kier molecular flexibility index (Phi) is 2.89. The van der Waals surface area contributed by atoms with E-state index >= 15 is 0 Å². The summed E-state index contributed by atoms with van der Waals surface area (Å²) < 4.78 is 0. The van der Waals surface area contributed by atoms with Gasteiger partial charge >= 0.3 is 0 Å². The third kappa shape index (κ3) is 1.82. The lowest BCUT2D eigenvalue weighted by Crippen LogP contribution is -1.88. The van der Waals surface area contributed by atoms with E-state index in [0.717, 1.165) is 0 Å². The number of aliphatic imine (C=N–C) groups is 1. The Bertz CT molecular complexity index is 716. The van der Waals surface area contributed by atoms with Crippen molar-refractivity contribution in [3.8, 4) is 0 Å². The maximum Gasteiger partial charge on any atom is 0.0755 e. The minimum absolute atomic E-state index is 0.589. The van der Waals surface area contributed by atoms with Gasteiger partial charge in [0, 0.05) is 0 Å². The van der Waals surface area contributed by atoms with Crippen LogP contribution in [0.1, 0.15) is 5.56 Å². The van der Waals surface area contributed by atoms with E-state index < -0.39 is 0 Å². The molecule has 18 heavy (non-hydrogen) atoms. The van der Waals surface area contributed by atoms with Gasteiger partial charge in [0.25, 0.3) is 0 Å². The normalized spacial score (nSPS) is 10.4. The smallest absolute Gasteiger partial charge is 0.0755 e. The molecular weight excluding hydrogens is 238 g/mol. The molecule has 0 heterocycles. The van der Waals surface area contributed by atoms with Gasteiger partial charge in [0.15, 0.2) is 0 Å². The van der Waals surface area contributed by atoms with Gasteiger partial charge in [-0.05, 0) is 45.4 Å². The summed E-state index contributed by atoms with van der Waals surface area (Å²) in [5.41, 5.74) is 1.22. The van der Waals surface area contributed by atoms with Crippen LogP contribution in [0.15, 0.2) is 59.6 Å². The largest absolute Gasteiger partial charge is 0.228 e. The van der Waals surface area contributed by atoms with E-state index in [2.05, 4.69) is 77.0 Å². The second-order valence-corrected chi connectivity index (χ2v) is 4.39. The van der Waals surface area contributed by atoms with E-state index in [1.807, 2.05) is 0 Å². The summed E-state index contributed by atoms with van der Waals surface area (Å²) in [6, 6.07) is 19.0. The molecule has 0 spiro atoms. The lowest BCUT2D eigenvalue weighted by atomic mass is 9.97.